The van der Waals surface area contributed by atoms with Crippen LogP contribution in [0.3, 0.4) is 0 Å². The van der Waals surface area contributed by atoms with Gasteiger partial charge in [-0.1, -0.05) is 6.92 Å². The maximum absolute atomic E-state index is 11.8. The van der Waals surface area contributed by atoms with E-state index in [2.05, 4.69) is 10.4 Å². The molecule has 6 heteroatoms. The SMILES string of the molecule is CCc1cc(CN2CCC(=O)NCC2=O)n(C)n1. The monoisotopic (exact) mass is 250 g/mol. The van der Waals surface area contributed by atoms with Crippen LogP contribution in [0.5, 0.6) is 0 Å². The molecule has 0 spiro atoms. The average molecular weight is 250 g/mol. The van der Waals surface area contributed by atoms with Crippen molar-refractivity contribution >= 4 is 11.8 Å². The number of amides is 2. The molecule has 1 saturated heterocycles. The van der Waals surface area contributed by atoms with E-state index >= 15 is 0 Å². The highest BCUT2D eigenvalue weighted by molar-refractivity contribution is 5.87. The molecule has 2 heterocycles. The van der Waals surface area contributed by atoms with Crippen LogP contribution in [0.2, 0.25) is 0 Å². The number of nitrogens with zero attached hydrogens (tertiary/aromatic N) is 3. The maximum atomic E-state index is 11.8. The number of hydrogen-bond acceptors (Lipinski definition) is 3. The van der Waals surface area contributed by atoms with Crippen molar-refractivity contribution in [1.82, 2.24) is 20.0 Å². The normalized spacial score (nSPS) is 16.7. The summed E-state index contributed by atoms with van der Waals surface area (Å²) in [5.74, 6) is -0.106. The van der Waals surface area contributed by atoms with Crippen LogP contribution >= 0.6 is 0 Å². The molecule has 1 aromatic heterocycles. The average Bonchev–Trinajstić information content (AvgIpc) is 2.63. The van der Waals surface area contributed by atoms with Crippen LogP contribution in [0.4, 0.5) is 0 Å². The molecule has 0 saturated carbocycles. The standard InChI is InChI=1S/C12H18N4O2/c1-3-9-6-10(15(2)14-9)8-16-5-4-11(17)13-7-12(16)18/h6H,3-5,7-8H2,1-2H3,(H,13,17). The van der Waals surface area contributed by atoms with Crippen LogP contribution in [0.25, 0.3) is 0 Å². The van der Waals surface area contributed by atoms with E-state index in [1.165, 1.54) is 0 Å². The molecule has 1 aromatic rings. The molecule has 98 valence electrons. The molecule has 0 aromatic carbocycles. The Bertz CT molecular complexity index is 467. The molecule has 6 nitrogen and oxygen atoms in total. The van der Waals surface area contributed by atoms with Gasteiger partial charge in [-0.2, -0.15) is 5.10 Å². The zero-order valence-electron chi connectivity index (χ0n) is 10.8. The number of rotatable bonds is 3. The number of nitrogens with one attached hydrogen (secondary N) is 1. The van der Waals surface area contributed by atoms with Gasteiger partial charge in [0.1, 0.15) is 0 Å². The minimum Gasteiger partial charge on any atom is -0.347 e. The number of carbonyl (C=O) groups is 2. The summed E-state index contributed by atoms with van der Waals surface area (Å²) in [5.41, 5.74) is 2.01. The Morgan fingerprint density at radius 3 is 2.89 bits per heavy atom. The Labute approximate surface area is 106 Å². The van der Waals surface area contributed by atoms with Gasteiger partial charge in [0.15, 0.2) is 0 Å². The van der Waals surface area contributed by atoms with E-state index in [0.29, 0.717) is 19.5 Å². The minimum absolute atomic E-state index is 0.0416. The summed E-state index contributed by atoms with van der Waals surface area (Å²) in [4.78, 5) is 24.8. The lowest BCUT2D eigenvalue weighted by molar-refractivity contribution is -0.130. The van der Waals surface area contributed by atoms with Gasteiger partial charge < -0.3 is 10.2 Å². The summed E-state index contributed by atoms with van der Waals surface area (Å²) in [5, 5.41) is 6.94. The topological polar surface area (TPSA) is 67.2 Å². The smallest absolute Gasteiger partial charge is 0.242 e. The third kappa shape index (κ3) is 2.69. The Balaban J connectivity index is 2.09. The molecular weight excluding hydrogens is 232 g/mol. The predicted molar refractivity (Wildman–Crippen MR) is 65.6 cm³/mol. The Hall–Kier alpha value is -1.85. The fourth-order valence-corrected chi connectivity index (χ4v) is 1.99. The van der Waals surface area contributed by atoms with Crippen molar-refractivity contribution < 1.29 is 9.59 Å². The van der Waals surface area contributed by atoms with E-state index in [0.717, 1.165) is 17.8 Å². The summed E-state index contributed by atoms with van der Waals surface area (Å²) in [6.45, 7) is 3.12. The Morgan fingerprint density at radius 1 is 1.44 bits per heavy atom. The molecule has 0 atom stereocenters. The van der Waals surface area contributed by atoms with E-state index in [9.17, 15) is 9.59 Å². The summed E-state index contributed by atoms with van der Waals surface area (Å²) in [6, 6.07) is 2.01. The largest absolute Gasteiger partial charge is 0.347 e. The molecule has 1 fully saturated rings. The Morgan fingerprint density at radius 2 is 2.22 bits per heavy atom. The maximum Gasteiger partial charge on any atom is 0.242 e. The first-order valence-corrected chi connectivity index (χ1v) is 6.16. The van der Waals surface area contributed by atoms with Gasteiger partial charge >= 0.3 is 0 Å². The zero-order chi connectivity index (χ0) is 13.1. The van der Waals surface area contributed by atoms with Crippen molar-refractivity contribution in [2.24, 2.45) is 7.05 Å². The summed E-state index contributed by atoms with van der Waals surface area (Å²) >= 11 is 0. The third-order valence-electron chi connectivity index (χ3n) is 3.14. The molecular formula is C12H18N4O2. The van der Waals surface area contributed by atoms with Crippen LogP contribution in [-0.4, -0.2) is 39.6 Å². The van der Waals surface area contributed by atoms with Gasteiger partial charge in [-0.15, -0.1) is 0 Å². The van der Waals surface area contributed by atoms with Gasteiger partial charge in [0.2, 0.25) is 11.8 Å². The van der Waals surface area contributed by atoms with Crippen molar-refractivity contribution in [3.8, 4) is 0 Å². The third-order valence-corrected chi connectivity index (χ3v) is 3.14. The molecule has 18 heavy (non-hydrogen) atoms. The van der Waals surface area contributed by atoms with E-state index in [1.807, 2.05) is 20.0 Å². The fraction of sp³-hybridized carbons (Fsp3) is 0.583. The molecule has 1 N–H and O–H groups in total. The van der Waals surface area contributed by atoms with Gasteiger partial charge in [0.05, 0.1) is 24.5 Å². The van der Waals surface area contributed by atoms with Crippen LogP contribution in [0.1, 0.15) is 24.7 Å². The number of carbonyl (C=O) groups excluding carboxylic acids is 2. The highest BCUT2D eigenvalue weighted by Gasteiger charge is 2.21. The molecule has 0 bridgehead atoms. The van der Waals surface area contributed by atoms with Crippen LogP contribution in [0, 0.1) is 0 Å². The van der Waals surface area contributed by atoms with Gasteiger partial charge in [0.25, 0.3) is 0 Å². The molecule has 0 unspecified atom stereocenters. The lowest BCUT2D eigenvalue weighted by atomic mass is 10.3. The minimum atomic E-state index is -0.0647. The van der Waals surface area contributed by atoms with E-state index in [1.54, 1.807) is 9.58 Å². The predicted octanol–water partition coefficient (Wildman–Crippen LogP) is -0.169. The second-order valence-electron chi connectivity index (χ2n) is 4.45. The first-order chi connectivity index (χ1) is 8.60. The van der Waals surface area contributed by atoms with E-state index < -0.39 is 0 Å². The Kier molecular flexibility index (Phi) is 3.64. The first-order valence-electron chi connectivity index (χ1n) is 6.16. The lowest BCUT2D eigenvalue weighted by Crippen LogP contribution is -2.35. The quantitative estimate of drug-likeness (QED) is 0.810. The summed E-state index contributed by atoms with van der Waals surface area (Å²) in [7, 11) is 1.88. The van der Waals surface area contributed by atoms with Gasteiger partial charge in [-0.05, 0) is 12.5 Å². The van der Waals surface area contributed by atoms with Gasteiger partial charge in [-0.3, -0.25) is 14.3 Å². The van der Waals surface area contributed by atoms with Crippen molar-refractivity contribution in [3.63, 3.8) is 0 Å². The van der Waals surface area contributed by atoms with Crippen molar-refractivity contribution in [3.05, 3.63) is 17.5 Å². The van der Waals surface area contributed by atoms with Gasteiger partial charge in [-0.25, -0.2) is 0 Å². The molecule has 0 aliphatic carbocycles. The lowest BCUT2D eigenvalue weighted by Gasteiger charge is -2.19. The van der Waals surface area contributed by atoms with Crippen molar-refractivity contribution in [1.29, 1.82) is 0 Å². The first kappa shape index (κ1) is 12.6. The molecule has 1 aliphatic rings. The van der Waals surface area contributed by atoms with Crippen LogP contribution in [0.15, 0.2) is 6.07 Å². The second kappa shape index (κ2) is 5.20. The second-order valence-corrected chi connectivity index (χ2v) is 4.45. The van der Waals surface area contributed by atoms with Crippen molar-refractivity contribution in [2.45, 2.75) is 26.3 Å². The van der Waals surface area contributed by atoms with E-state index in [-0.39, 0.29) is 18.4 Å². The molecule has 2 amide bonds. The number of hydrogen-bond donors (Lipinski definition) is 1. The van der Waals surface area contributed by atoms with Crippen molar-refractivity contribution in [2.75, 3.05) is 13.1 Å². The van der Waals surface area contributed by atoms with E-state index in [4.69, 9.17) is 0 Å². The zero-order valence-corrected chi connectivity index (χ0v) is 10.8. The molecule has 1 aliphatic heterocycles. The molecule has 2 rings (SSSR count). The number of aryl methyl sites for hydroxylation is 2. The molecule has 0 radical (unpaired) electrons. The highest BCUT2D eigenvalue weighted by atomic mass is 16.2. The van der Waals surface area contributed by atoms with Gasteiger partial charge in [0, 0.05) is 20.0 Å². The summed E-state index contributed by atoms with van der Waals surface area (Å²) < 4.78 is 1.80. The number of aromatic nitrogens is 2. The van der Waals surface area contributed by atoms with Crippen LogP contribution in [-0.2, 0) is 29.6 Å². The van der Waals surface area contributed by atoms with Crippen LogP contribution < -0.4 is 5.32 Å². The summed E-state index contributed by atoms with van der Waals surface area (Å²) in [6.07, 6.45) is 1.24. The highest BCUT2D eigenvalue weighted by Crippen LogP contribution is 2.09. The fourth-order valence-electron chi connectivity index (χ4n) is 1.99.